The molecule has 5 rings (SSSR count). The molecule has 3 aromatic rings. The van der Waals surface area contributed by atoms with Gasteiger partial charge in [-0.05, 0) is 42.5 Å². The molecule has 2 heterocycles. The summed E-state index contributed by atoms with van der Waals surface area (Å²) >= 11 is 1.62. The molecule has 0 atom stereocenters. The zero-order valence-corrected chi connectivity index (χ0v) is 18.2. The van der Waals surface area contributed by atoms with Crippen molar-refractivity contribution in [3.8, 4) is 0 Å². The fourth-order valence-electron chi connectivity index (χ4n) is 3.78. The average Bonchev–Trinajstić information content (AvgIpc) is 2.82. The Hall–Kier alpha value is -2.65. The lowest BCUT2D eigenvalue weighted by Gasteiger charge is -2.31. The molecule has 0 radical (unpaired) electrons. The lowest BCUT2D eigenvalue weighted by atomic mass is 10.1. The quantitative estimate of drug-likeness (QED) is 0.597. The molecule has 2 aliphatic heterocycles. The number of hydrogen-bond acceptors (Lipinski definition) is 5. The summed E-state index contributed by atoms with van der Waals surface area (Å²) in [5, 5.41) is 0. The van der Waals surface area contributed by atoms with Crippen LogP contribution in [0.15, 0.2) is 87.5 Å². The first-order valence-corrected chi connectivity index (χ1v) is 12.2. The molecule has 8 heteroatoms. The highest BCUT2D eigenvalue weighted by Gasteiger charge is 2.31. The largest absolute Gasteiger partial charge is 0.379 e. The Morgan fingerprint density at radius 2 is 1.45 bits per heavy atom. The highest BCUT2D eigenvalue weighted by Crippen LogP contribution is 2.48. The molecule has 1 amide bonds. The SMILES string of the molecule is O=C(c1cccc(S(=O)(=O)N2CCOCC2)c1)N1c2ccccc2Sc2ccccc21. The molecular weight excluding hydrogens is 432 g/mol. The van der Waals surface area contributed by atoms with Gasteiger partial charge in [-0.1, -0.05) is 42.1 Å². The number of nitrogens with zero attached hydrogens (tertiary/aromatic N) is 2. The average molecular weight is 453 g/mol. The first-order valence-electron chi connectivity index (χ1n) is 9.94. The summed E-state index contributed by atoms with van der Waals surface area (Å²) in [7, 11) is -3.69. The van der Waals surface area contributed by atoms with Crippen LogP contribution >= 0.6 is 11.8 Å². The van der Waals surface area contributed by atoms with E-state index in [-0.39, 0.29) is 10.8 Å². The van der Waals surface area contributed by atoms with E-state index in [9.17, 15) is 13.2 Å². The zero-order valence-electron chi connectivity index (χ0n) is 16.6. The second-order valence-electron chi connectivity index (χ2n) is 7.22. The van der Waals surface area contributed by atoms with Crippen LogP contribution in [-0.2, 0) is 14.8 Å². The van der Waals surface area contributed by atoms with Crippen molar-refractivity contribution in [1.82, 2.24) is 4.31 Å². The van der Waals surface area contributed by atoms with Gasteiger partial charge >= 0.3 is 0 Å². The summed E-state index contributed by atoms with van der Waals surface area (Å²) in [6.45, 7) is 1.36. The van der Waals surface area contributed by atoms with Gasteiger partial charge in [0.15, 0.2) is 0 Å². The molecule has 3 aromatic carbocycles. The van der Waals surface area contributed by atoms with Crippen molar-refractivity contribution in [2.24, 2.45) is 0 Å². The second-order valence-corrected chi connectivity index (χ2v) is 10.2. The Kier molecular flexibility index (Phi) is 5.31. The van der Waals surface area contributed by atoms with Gasteiger partial charge in [-0.2, -0.15) is 4.31 Å². The number of fused-ring (bicyclic) bond motifs is 2. The minimum atomic E-state index is -3.69. The standard InChI is InChI=1S/C23H20N2O4S2/c26-23(17-6-5-7-18(16-17)31(27,28)24-12-14-29-15-13-24)25-19-8-1-3-10-21(19)30-22-11-4-2-9-20(22)25/h1-11,16H,12-15H2. The highest BCUT2D eigenvalue weighted by molar-refractivity contribution is 7.99. The van der Waals surface area contributed by atoms with Crippen molar-refractivity contribution in [2.45, 2.75) is 14.7 Å². The first-order chi connectivity index (χ1) is 15.1. The molecule has 0 aromatic heterocycles. The van der Waals surface area contributed by atoms with E-state index in [2.05, 4.69) is 0 Å². The monoisotopic (exact) mass is 452 g/mol. The molecular formula is C23H20N2O4S2. The molecule has 0 N–H and O–H groups in total. The third-order valence-electron chi connectivity index (χ3n) is 5.32. The Morgan fingerprint density at radius 1 is 0.839 bits per heavy atom. The molecule has 2 aliphatic rings. The van der Waals surface area contributed by atoms with Crippen LogP contribution in [0, 0.1) is 0 Å². The Balaban J connectivity index is 1.56. The number of amides is 1. The molecule has 1 saturated heterocycles. The summed E-state index contributed by atoms with van der Waals surface area (Å²) in [6, 6.07) is 21.7. The Bertz CT molecular complexity index is 1210. The van der Waals surface area contributed by atoms with Gasteiger partial charge < -0.3 is 4.74 Å². The van der Waals surface area contributed by atoms with Gasteiger partial charge in [-0.3, -0.25) is 9.69 Å². The maximum absolute atomic E-state index is 13.7. The summed E-state index contributed by atoms with van der Waals surface area (Å²) < 4.78 is 32.8. The van der Waals surface area contributed by atoms with Crippen LogP contribution in [0.25, 0.3) is 0 Å². The minimum absolute atomic E-state index is 0.119. The van der Waals surface area contributed by atoms with Crippen molar-refractivity contribution >= 4 is 39.1 Å². The van der Waals surface area contributed by atoms with Gasteiger partial charge in [0, 0.05) is 28.4 Å². The van der Waals surface area contributed by atoms with E-state index < -0.39 is 10.0 Å². The van der Waals surface area contributed by atoms with Gasteiger partial charge in [0.1, 0.15) is 0 Å². The molecule has 0 unspecified atom stereocenters. The minimum Gasteiger partial charge on any atom is -0.379 e. The number of carbonyl (C=O) groups excluding carboxylic acids is 1. The Labute approximate surface area is 185 Å². The smallest absolute Gasteiger partial charge is 0.262 e. The number of rotatable bonds is 3. The van der Waals surface area contributed by atoms with E-state index in [1.807, 2.05) is 48.5 Å². The van der Waals surface area contributed by atoms with Crippen molar-refractivity contribution in [3.05, 3.63) is 78.4 Å². The predicted octanol–water partition coefficient (Wildman–Crippen LogP) is 4.15. The van der Waals surface area contributed by atoms with E-state index in [1.165, 1.54) is 16.4 Å². The zero-order chi connectivity index (χ0) is 21.4. The molecule has 158 valence electrons. The van der Waals surface area contributed by atoms with Gasteiger partial charge in [0.25, 0.3) is 5.91 Å². The lowest BCUT2D eigenvalue weighted by Crippen LogP contribution is -2.40. The van der Waals surface area contributed by atoms with E-state index in [0.717, 1.165) is 21.2 Å². The van der Waals surface area contributed by atoms with Crippen LogP contribution in [0.4, 0.5) is 11.4 Å². The fourth-order valence-corrected chi connectivity index (χ4v) is 6.29. The maximum Gasteiger partial charge on any atom is 0.262 e. The van der Waals surface area contributed by atoms with Crippen LogP contribution < -0.4 is 4.90 Å². The summed E-state index contributed by atoms with van der Waals surface area (Å²) in [5.41, 5.74) is 1.90. The topological polar surface area (TPSA) is 66.9 Å². The number of para-hydroxylation sites is 2. The lowest BCUT2D eigenvalue weighted by molar-refractivity contribution is 0.0730. The highest BCUT2D eigenvalue weighted by atomic mass is 32.2. The van der Waals surface area contributed by atoms with E-state index in [0.29, 0.717) is 31.9 Å². The van der Waals surface area contributed by atoms with Gasteiger partial charge in [0.05, 0.1) is 29.5 Å². The van der Waals surface area contributed by atoms with Crippen LogP contribution in [0.5, 0.6) is 0 Å². The summed E-state index contributed by atoms with van der Waals surface area (Å²) in [6.07, 6.45) is 0. The predicted molar refractivity (Wildman–Crippen MR) is 119 cm³/mol. The van der Waals surface area contributed by atoms with E-state index in [1.54, 1.807) is 28.8 Å². The maximum atomic E-state index is 13.7. The van der Waals surface area contributed by atoms with Crippen LogP contribution in [0.1, 0.15) is 10.4 Å². The van der Waals surface area contributed by atoms with Crippen LogP contribution in [0.2, 0.25) is 0 Å². The Morgan fingerprint density at radius 3 is 2.10 bits per heavy atom. The van der Waals surface area contributed by atoms with Gasteiger partial charge in [0.2, 0.25) is 10.0 Å². The number of carbonyl (C=O) groups is 1. The number of anilines is 2. The third-order valence-corrected chi connectivity index (χ3v) is 8.35. The second kappa shape index (κ2) is 8.12. The van der Waals surface area contributed by atoms with E-state index in [4.69, 9.17) is 4.74 Å². The van der Waals surface area contributed by atoms with Crippen LogP contribution in [0.3, 0.4) is 0 Å². The molecule has 0 aliphatic carbocycles. The first kappa shape index (κ1) is 20.3. The molecule has 31 heavy (non-hydrogen) atoms. The van der Waals surface area contributed by atoms with Gasteiger partial charge in [-0.15, -0.1) is 0 Å². The van der Waals surface area contributed by atoms with Crippen LogP contribution in [-0.4, -0.2) is 44.9 Å². The molecule has 0 saturated carbocycles. The normalized spacial score (nSPS) is 16.5. The number of ether oxygens (including phenoxy) is 1. The molecule has 6 nitrogen and oxygen atoms in total. The summed E-state index contributed by atoms with van der Waals surface area (Å²) in [5.74, 6) is -0.265. The third kappa shape index (κ3) is 3.65. The van der Waals surface area contributed by atoms with Gasteiger partial charge in [-0.25, -0.2) is 8.42 Å². The van der Waals surface area contributed by atoms with Crippen molar-refractivity contribution in [2.75, 3.05) is 31.2 Å². The fraction of sp³-hybridized carbons (Fsp3) is 0.174. The summed E-state index contributed by atoms with van der Waals surface area (Å²) in [4.78, 5) is 17.4. The van der Waals surface area contributed by atoms with Crippen molar-refractivity contribution < 1.29 is 17.9 Å². The molecule has 1 fully saturated rings. The van der Waals surface area contributed by atoms with Crippen molar-refractivity contribution in [3.63, 3.8) is 0 Å². The molecule has 0 bridgehead atoms. The van der Waals surface area contributed by atoms with Crippen molar-refractivity contribution in [1.29, 1.82) is 0 Å². The number of hydrogen-bond donors (Lipinski definition) is 0. The number of morpholine rings is 1. The molecule has 0 spiro atoms. The number of sulfonamides is 1. The van der Waals surface area contributed by atoms with E-state index >= 15 is 0 Å². The number of benzene rings is 3.